The molecule has 1 amide bonds. The zero-order valence-corrected chi connectivity index (χ0v) is 13.8. The first kappa shape index (κ1) is 16.5. The summed E-state index contributed by atoms with van der Waals surface area (Å²) in [6, 6.07) is 9.18. The lowest BCUT2D eigenvalue weighted by Gasteiger charge is -2.14. The Morgan fingerprint density at radius 3 is 2.82 bits per heavy atom. The SMILES string of the molecule is COc1cccc(C(O)CNC(=O)c2sccc2C(C)C)c1. The molecule has 2 N–H and O–H groups in total. The van der Waals surface area contributed by atoms with Crippen LogP contribution in [0.2, 0.25) is 0 Å². The van der Waals surface area contributed by atoms with Crippen LogP contribution in [-0.4, -0.2) is 24.7 Å². The van der Waals surface area contributed by atoms with Crippen LogP contribution >= 0.6 is 11.3 Å². The number of ether oxygens (including phenoxy) is 1. The average Bonchev–Trinajstić information content (AvgIpc) is 3.02. The van der Waals surface area contributed by atoms with Gasteiger partial charge in [0.25, 0.3) is 5.91 Å². The van der Waals surface area contributed by atoms with Crippen LogP contribution in [0.4, 0.5) is 0 Å². The summed E-state index contributed by atoms with van der Waals surface area (Å²) in [4.78, 5) is 13.0. The first-order valence-electron chi connectivity index (χ1n) is 7.20. The number of rotatable bonds is 6. The lowest BCUT2D eigenvalue weighted by atomic mass is 10.0. The molecule has 2 rings (SSSR count). The van der Waals surface area contributed by atoms with E-state index in [9.17, 15) is 9.90 Å². The molecule has 0 saturated carbocycles. The van der Waals surface area contributed by atoms with Gasteiger partial charge in [-0.1, -0.05) is 26.0 Å². The predicted octanol–water partition coefficient (Wildman–Crippen LogP) is 3.34. The van der Waals surface area contributed by atoms with Crippen molar-refractivity contribution in [3.8, 4) is 5.75 Å². The van der Waals surface area contributed by atoms with Crippen LogP contribution in [0.15, 0.2) is 35.7 Å². The minimum absolute atomic E-state index is 0.138. The fourth-order valence-corrected chi connectivity index (χ4v) is 3.16. The first-order chi connectivity index (χ1) is 10.5. The molecular formula is C17H21NO3S. The number of hydrogen-bond donors (Lipinski definition) is 2. The van der Waals surface area contributed by atoms with E-state index in [1.54, 1.807) is 13.2 Å². The van der Waals surface area contributed by atoms with Crippen LogP contribution in [0, 0.1) is 0 Å². The molecule has 1 aromatic heterocycles. The summed E-state index contributed by atoms with van der Waals surface area (Å²) in [6.07, 6.45) is -0.762. The predicted molar refractivity (Wildman–Crippen MR) is 88.7 cm³/mol. The standard InChI is InChI=1S/C17H21NO3S/c1-11(2)14-7-8-22-16(14)17(20)18-10-15(19)12-5-4-6-13(9-12)21-3/h4-9,11,15,19H,10H2,1-3H3,(H,18,20). The largest absolute Gasteiger partial charge is 0.497 e. The van der Waals surface area contributed by atoms with Gasteiger partial charge in [0.2, 0.25) is 0 Å². The molecule has 1 atom stereocenters. The molecule has 1 heterocycles. The topological polar surface area (TPSA) is 58.6 Å². The molecule has 0 aliphatic rings. The highest BCUT2D eigenvalue weighted by molar-refractivity contribution is 7.12. The quantitative estimate of drug-likeness (QED) is 0.858. The molecule has 0 bridgehead atoms. The fraction of sp³-hybridized carbons (Fsp3) is 0.353. The Morgan fingerprint density at radius 1 is 1.36 bits per heavy atom. The molecule has 4 nitrogen and oxygen atoms in total. The van der Waals surface area contributed by atoms with Crippen LogP contribution in [0.1, 0.15) is 46.7 Å². The van der Waals surface area contributed by atoms with Gasteiger partial charge in [-0.25, -0.2) is 0 Å². The van der Waals surface area contributed by atoms with Gasteiger partial charge in [0.1, 0.15) is 5.75 Å². The van der Waals surface area contributed by atoms with Crippen LogP contribution < -0.4 is 10.1 Å². The Hall–Kier alpha value is -1.85. The van der Waals surface area contributed by atoms with Crippen molar-refractivity contribution in [2.75, 3.05) is 13.7 Å². The van der Waals surface area contributed by atoms with Crippen molar-refractivity contribution in [3.05, 3.63) is 51.7 Å². The molecule has 5 heteroatoms. The van der Waals surface area contributed by atoms with Gasteiger partial charge >= 0.3 is 0 Å². The van der Waals surface area contributed by atoms with Crippen molar-refractivity contribution >= 4 is 17.2 Å². The summed E-state index contributed by atoms with van der Waals surface area (Å²) in [7, 11) is 1.58. The third kappa shape index (κ3) is 3.87. The monoisotopic (exact) mass is 319 g/mol. The number of amides is 1. The maximum absolute atomic E-state index is 12.3. The van der Waals surface area contributed by atoms with Crippen LogP contribution in [0.25, 0.3) is 0 Å². The fourth-order valence-electron chi connectivity index (χ4n) is 2.19. The van der Waals surface area contributed by atoms with E-state index < -0.39 is 6.10 Å². The summed E-state index contributed by atoms with van der Waals surface area (Å²) < 4.78 is 5.13. The molecule has 2 aromatic rings. The molecule has 118 valence electrons. The third-order valence-electron chi connectivity index (χ3n) is 3.46. The Morgan fingerprint density at radius 2 is 2.14 bits per heavy atom. The van der Waals surface area contributed by atoms with Crippen molar-refractivity contribution in [2.45, 2.75) is 25.9 Å². The lowest BCUT2D eigenvalue weighted by Crippen LogP contribution is -2.28. The number of carbonyl (C=O) groups excluding carboxylic acids is 1. The van der Waals surface area contributed by atoms with Crippen molar-refractivity contribution < 1.29 is 14.6 Å². The molecule has 0 fully saturated rings. The summed E-state index contributed by atoms with van der Waals surface area (Å²) >= 11 is 1.43. The summed E-state index contributed by atoms with van der Waals surface area (Å²) in [5, 5.41) is 14.9. The minimum Gasteiger partial charge on any atom is -0.497 e. The first-order valence-corrected chi connectivity index (χ1v) is 8.08. The molecule has 0 radical (unpaired) electrons. The van der Waals surface area contributed by atoms with E-state index in [1.807, 2.05) is 29.6 Å². The zero-order chi connectivity index (χ0) is 16.1. The Bertz CT molecular complexity index is 636. The van der Waals surface area contributed by atoms with E-state index in [-0.39, 0.29) is 12.5 Å². The van der Waals surface area contributed by atoms with E-state index in [4.69, 9.17) is 4.74 Å². The zero-order valence-electron chi connectivity index (χ0n) is 13.0. The maximum Gasteiger partial charge on any atom is 0.261 e. The number of aliphatic hydroxyl groups excluding tert-OH is 1. The van der Waals surface area contributed by atoms with Crippen molar-refractivity contribution in [1.82, 2.24) is 5.32 Å². The average molecular weight is 319 g/mol. The highest BCUT2D eigenvalue weighted by Crippen LogP contribution is 2.25. The normalized spacial score (nSPS) is 12.2. The summed E-state index contributed by atoms with van der Waals surface area (Å²) in [5.41, 5.74) is 1.76. The summed E-state index contributed by atoms with van der Waals surface area (Å²) in [6.45, 7) is 4.29. The smallest absolute Gasteiger partial charge is 0.261 e. The van der Waals surface area contributed by atoms with Gasteiger partial charge in [-0.2, -0.15) is 0 Å². The van der Waals surface area contributed by atoms with Crippen molar-refractivity contribution in [3.63, 3.8) is 0 Å². The molecule has 0 saturated heterocycles. The van der Waals surface area contributed by atoms with Gasteiger partial charge in [-0.15, -0.1) is 11.3 Å². The van der Waals surface area contributed by atoms with Crippen molar-refractivity contribution in [2.24, 2.45) is 0 Å². The molecular weight excluding hydrogens is 298 g/mol. The number of benzene rings is 1. The van der Waals surface area contributed by atoms with Crippen LogP contribution in [-0.2, 0) is 0 Å². The number of methoxy groups -OCH3 is 1. The number of carbonyl (C=O) groups is 1. The van der Waals surface area contributed by atoms with E-state index in [2.05, 4.69) is 19.2 Å². The number of hydrogen-bond acceptors (Lipinski definition) is 4. The van der Waals surface area contributed by atoms with Gasteiger partial charge in [0.15, 0.2) is 0 Å². The maximum atomic E-state index is 12.3. The van der Waals surface area contributed by atoms with E-state index in [0.29, 0.717) is 16.5 Å². The number of nitrogens with one attached hydrogen (secondary N) is 1. The Labute approximate surface area is 134 Å². The van der Waals surface area contributed by atoms with Gasteiger partial charge in [0, 0.05) is 6.54 Å². The second kappa shape index (κ2) is 7.42. The molecule has 0 spiro atoms. The van der Waals surface area contributed by atoms with E-state index in [1.165, 1.54) is 11.3 Å². The van der Waals surface area contributed by atoms with E-state index >= 15 is 0 Å². The third-order valence-corrected chi connectivity index (χ3v) is 4.39. The van der Waals surface area contributed by atoms with Gasteiger partial charge in [-0.05, 0) is 40.6 Å². The molecule has 0 aliphatic heterocycles. The second-order valence-electron chi connectivity index (χ2n) is 5.36. The van der Waals surface area contributed by atoms with Crippen LogP contribution in [0.5, 0.6) is 5.75 Å². The Balaban J connectivity index is 1.99. The lowest BCUT2D eigenvalue weighted by molar-refractivity contribution is 0.0919. The number of aliphatic hydroxyl groups is 1. The highest BCUT2D eigenvalue weighted by Gasteiger charge is 2.17. The van der Waals surface area contributed by atoms with Crippen LogP contribution in [0.3, 0.4) is 0 Å². The second-order valence-corrected chi connectivity index (χ2v) is 6.28. The Kier molecular flexibility index (Phi) is 5.57. The van der Waals surface area contributed by atoms with E-state index in [0.717, 1.165) is 11.1 Å². The molecule has 1 unspecified atom stereocenters. The molecule has 22 heavy (non-hydrogen) atoms. The van der Waals surface area contributed by atoms with Gasteiger partial charge in [-0.3, -0.25) is 4.79 Å². The molecule has 1 aromatic carbocycles. The van der Waals surface area contributed by atoms with Crippen molar-refractivity contribution in [1.29, 1.82) is 0 Å². The molecule has 0 aliphatic carbocycles. The highest BCUT2D eigenvalue weighted by atomic mass is 32.1. The van der Waals surface area contributed by atoms with Gasteiger partial charge in [0.05, 0.1) is 18.1 Å². The van der Waals surface area contributed by atoms with Gasteiger partial charge < -0.3 is 15.2 Å². The summed E-state index contributed by atoms with van der Waals surface area (Å²) in [5.74, 6) is 0.846. The number of thiophene rings is 1. The minimum atomic E-state index is -0.762.